The maximum Gasteiger partial charge on any atom is 0.190 e. The number of methoxy groups -OCH3 is 1. The van der Waals surface area contributed by atoms with E-state index in [0.29, 0.717) is 0 Å². The number of hydrogen-bond acceptors (Lipinski definition) is 6. The maximum atomic E-state index is 5.25. The molecule has 1 saturated heterocycles. The molecule has 2 aromatic rings. The molecule has 2 N–H and O–H groups in total. The number of rotatable bonds is 10. The molecule has 0 radical (unpaired) electrons. The minimum atomic E-state index is 0.851. The highest BCUT2D eigenvalue weighted by Crippen LogP contribution is 2.20. The van der Waals surface area contributed by atoms with Gasteiger partial charge in [0, 0.05) is 69.5 Å². The summed E-state index contributed by atoms with van der Waals surface area (Å²) in [4.78, 5) is 15.1. The molecule has 1 aliphatic rings. The van der Waals surface area contributed by atoms with Crippen molar-refractivity contribution in [2.75, 3.05) is 64.9 Å². The Morgan fingerprint density at radius 2 is 1.87 bits per heavy atom. The van der Waals surface area contributed by atoms with E-state index in [9.17, 15) is 0 Å². The molecule has 31 heavy (non-hydrogen) atoms. The van der Waals surface area contributed by atoms with Crippen LogP contribution in [0.2, 0.25) is 0 Å². The first kappa shape index (κ1) is 23.3. The van der Waals surface area contributed by atoms with Crippen molar-refractivity contribution in [3.05, 3.63) is 40.3 Å². The predicted molar refractivity (Wildman–Crippen MR) is 131 cm³/mol. The van der Waals surface area contributed by atoms with Crippen molar-refractivity contribution in [2.45, 2.75) is 26.2 Å². The number of benzene rings is 1. The van der Waals surface area contributed by atoms with Crippen LogP contribution in [0.25, 0.3) is 0 Å². The second-order valence-corrected chi connectivity index (χ2v) is 8.83. The van der Waals surface area contributed by atoms with Gasteiger partial charge in [-0.25, -0.2) is 4.98 Å². The smallest absolute Gasteiger partial charge is 0.190 e. The van der Waals surface area contributed by atoms with Crippen LogP contribution in [-0.4, -0.2) is 75.8 Å². The largest absolute Gasteiger partial charge is 0.497 e. The van der Waals surface area contributed by atoms with Crippen molar-refractivity contribution in [3.63, 3.8) is 0 Å². The lowest BCUT2D eigenvalue weighted by molar-refractivity contribution is 0.255. The summed E-state index contributed by atoms with van der Waals surface area (Å²) in [6, 6.07) is 8.36. The fraction of sp³-hybridized carbons (Fsp3) is 0.565. The van der Waals surface area contributed by atoms with Gasteiger partial charge in [-0.1, -0.05) is 6.92 Å². The molecule has 0 saturated carbocycles. The number of anilines is 1. The van der Waals surface area contributed by atoms with Crippen LogP contribution < -0.4 is 20.3 Å². The fourth-order valence-electron chi connectivity index (χ4n) is 3.67. The van der Waals surface area contributed by atoms with E-state index in [1.165, 1.54) is 15.6 Å². The summed E-state index contributed by atoms with van der Waals surface area (Å²) in [6.45, 7) is 9.40. The van der Waals surface area contributed by atoms with E-state index in [0.717, 1.165) is 76.8 Å². The van der Waals surface area contributed by atoms with Gasteiger partial charge in [-0.2, -0.15) is 0 Å². The number of nitrogens with zero attached hydrogens (tertiary/aromatic N) is 4. The Morgan fingerprint density at radius 3 is 2.52 bits per heavy atom. The lowest BCUT2D eigenvalue weighted by Gasteiger charge is -2.36. The quantitative estimate of drug-likeness (QED) is 0.334. The zero-order valence-corrected chi connectivity index (χ0v) is 19.9. The Balaban J connectivity index is 1.27. The van der Waals surface area contributed by atoms with Crippen LogP contribution >= 0.6 is 11.3 Å². The van der Waals surface area contributed by atoms with Gasteiger partial charge in [0.2, 0.25) is 0 Å². The monoisotopic (exact) mass is 444 g/mol. The maximum absolute atomic E-state index is 5.25. The highest BCUT2D eigenvalue weighted by atomic mass is 32.1. The SMILES string of the molecule is CCc1cnc(CCNC(=NC)NCCCN2CCN(c3ccc(OC)cc3)CC2)s1. The molecule has 2 heterocycles. The molecule has 1 aromatic heterocycles. The number of aryl methyl sites for hydroxylation is 1. The summed E-state index contributed by atoms with van der Waals surface area (Å²) in [5.41, 5.74) is 1.28. The van der Waals surface area contributed by atoms with Gasteiger partial charge in [-0.05, 0) is 43.7 Å². The molecule has 1 aliphatic heterocycles. The number of aliphatic imine (C=N–C) groups is 1. The second-order valence-electron chi connectivity index (χ2n) is 7.63. The number of hydrogen-bond donors (Lipinski definition) is 2. The van der Waals surface area contributed by atoms with Crippen molar-refractivity contribution < 1.29 is 4.74 Å². The number of aromatic nitrogens is 1. The highest BCUT2D eigenvalue weighted by Gasteiger charge is 2.16. The van der Waals surface area contributed by atoms with Gasteiger partial charge in [-0.3, -0.25) is 9.89 Å². The van der Waals surface area contributed by atoms with E-state index >= 15 is 0 Å². The Bertz CT molecular complexity index is 799. The lowest BCUT2D eigenvalue weighted by atomic mass is 10.2. The van der Waals surface area contributed by atoms with Gasteiger partial charge in [-0.15, -0.1) is 11.3 Å². The highest BCUT2D eigenvalue weighted by molar-refractivity contribution is 7.11. The van der Waals surface area contributed by atoms with Crippen molar-refractivity contribution in [1.29, 1.82) is 0 Å². The Labute approximate surface area is 190 Å². The minimum Gasteiger partial charge on any atom is -0.497 e. The second kappa shape index (κ2) is 12.5. The van der Waals surface area contributed by atoms with E-state index in [-0.39, 0.29) is 0 Å². The molecule has 0 aliphatic carbocycles. The average molecular weight is 445 g/mol. The number of piperazine rings is 1. The van der Waals surface area contributed by atoms with Crippen LogP contribution in [0, 0.1) is 0 Å². The number of guanidine groups is 1. The molecule has 170 valence electrons. The van der Waals surface area contributed by atoms with E-state index < -0.39 is 0 Å². The molecule has 1 fully saturated rings. The molecule has 7 nitrogen and oxygen atoms in total. The number of ether oxygens (including phenoxy) is 1. The number of nitrogens with one attached hydrogen (secondary N) is 2. The summed E-state index contributed by atoms with van der Waals surface area (Å²) in [5, 5.41) is 8.01. The zero-order valence-electron chi connectivity index (χ0n) is 19.1. The van der Waals surface area contributed by atoms with Gasteiger partial charge >= 0.3 is 0 Å². The van der Waals surface area contributed by atoms with Crippen LogP contribution in [0.5, 0.6) is 5.75 Å². The third-order valence-corrected chi connectivity index (χ3v) is 6.76. The standard InChI is InChI=1S/C23H36N6OS/c1-4-21-18-27-22(31-21)10-12-26-23(24-2)25-11-5-13-28-14-16-29(17-15-28)19-6-8-20(30-3)9-7-19/h6-9,18H,4-5,10-17H2,1-3H3,(H2,24,25,26). The summed E-state index contributed by atoms with van der Waals surface area (Å²) in [6.07, 6.45) is 5.09. The first-order valence-corrected chi connectivity index (χ1v) is 12.0. The fourth-order valence-corrected chi connectivity index (χ4v) is 4.53. The first-order chi connectivity index (χ1) is 15.2. The molecule has 0 spiro atoms. The summed E-state index contributed by atoms with van der Waals surface area (Å²) < 4.78 is 5.25. The molecule has 3 rings (SSSR count). The molecule has 0 bridgehead atoms. The van der Waals surface area contributed by atoms with E-state index in [1.807, 2.05) is 25.4 Å². The predicted octanol–water partition coefficient (Wildman–Crippen LogP) is 2.63. The third-order valence-electron chi connectivity index (χ3n) is 5.56. The normalized spacial score (nSPS) is 15.2. The van der Waals surface area contributed by atoms with Crippen molar-refractivity contribution >= 4 is 23.0 Å². The molecule has 0 unspecified atom stereocenters. The molecule has 0 amide bonds. The number of thiazole rings is 1. The molecular formula is C23H36N6OS. The summed E-state index contributed by atoms with van der Waals surface area (Å²) >= 11 is 1.80. The van der Waals surface area contributed by atoms with Crippen LogP contribution in [0.4, 0.5) is 5.69 Å². The van der Waals surface area contributed by atoms with Crippen LogP contribution in [0.15, 0.2) is 35.5 Å². The Hall–Kier alpha value is -2.32. The Morgan fingerprint density at radius 1 is 1.13 bits per heavy atom. The van der Waals surface area contributed by atoms with Gasteiger partial charge in [0.1, 0.15) is 5.75 Å². The van der Waals surface area contributed by atoms with E-state index in [2.05, 4.69) is 49.5 Å². The van der Waals surface area contributed by atoms with Gasteiger partial charge in [0.15, 0.2) is 5.96 Å². The van der Waals surface area contributed by atoms with Crippen LogP contribution in [0.3, 0.4) is 0 Å². The first-order valence-electron chi connectivity index (χ1n) is 11.2. The van der Waals surface area contributed by atoms with Crippen LogP contribution in [0.1, 0.15) is 23.2 Å². The van der Waals surface area contributed by atoms with Crippen molar-refractivity contribution in [1.82, 2.24) is 20.5 Å². The minimum absolute atomic E-state index is 0.851. The molecule has 1 aromatic carbocycles. The van der Waals surface area contributed by atoms with Crippen molar-refractivity contribution in [2.24, 2.45) is 4.99 Å². The van der Waals surface area contributed by atoms with E-state index in [4.69, 9.17) is 4.74 Å². The van der Waals surface area contributed by atoms with E-state index in [1.54, 1.807) is 18.4 Å². The van der Waals surface area contributed by atoms with Gasteiger partial charge < -0.3 is 20.3 Å². The van der Waals surface area contributed by atoms with Gasteiger partial charge in [0.05, 0.1) is 12.1 Å². The summed E-state index contributed by atoms with van der Waals surface area (Å²) in [5.74, 6) is 1.78. The molecule has 0 atom stereocenters. The average Bonchev–Trinajstić information content (AvgIpc) is 3.29. The molecule has 8 heteroatoms. The van der Waals surface area contributed by atoms with Crippen molar-refractivity contribution in [3.8, 4) is 5.75 Å². The zero-order chi connectivity index (χ0) is 21.9. The Kier molecular flexibility index (Phi) is 9.42. The van der Waals surface area contributed by atoms with Gasteiger partial charge in [0.25, 0.3) is 0 Å². The molecular weight excluding hydrogens is 408 g/mol. The van der Waals surface area contributed by atoms with Crippen LogP contribution in [-0.2, 0) is 12.8 Å². The summed E-state index contributed by atoms with van der Waals surface area (Å²) in [7, 11) is 3.53. The topological polar surface area (TPSA) is 65.0 Å². The third kappa shape index (κ3) is 7.40. The lowest BCUT2D eigenvalue weighted by Crippen LogP contribution is -2.47.